The number of benzene rings is 6. The zero-order valence-corrected chi connectivity index (χ0v) is 47.5. The SMILES string of the molecule is CCCCCCCCCCCCCCOc1ccc(C=Nc2ccc(C(=O)Oc3cccc(-c4ccc(OC(=O)c5ccc(N=Cc6ccc(OCCCCCCCCCCCCCC)cc6O)cc5)c(Cl)c4)c3)cc2)c(O)c1. The first-order chi connectivity index (χ1) is 38.7. The molecule has 0 aromatic heterocycles. The van der Waals surface area contributed by atoms with Crippen molar-refractivity contribution in [3.05, 3.63) is 155 Å². The van der Waals surface area contributed by atoms with Crippen LogP contribution in [0, 0.1) is 0 Å². The number of hydrogen-bond acceptors (Lipinski definition) is 10. The normalized spacial score (nSPS) is 11.4. The molecule has 0 heterocycles. The van der Waals surface area contributed by atoms with E-state index in [1.165, 1.54) is 128 Å². The van der Waals surface area contributed by atoms with Gasteiger partial charge in [-0.1, -0.05) is 185 Å². The van der Waals surface area contributed by atoms with E-state index in [9.17, 15) is 19.8 Å². The van der Waals surface area contributed by atoms with Crippen LogP contribution in [0.4, 0.5) is 11.4 Å². The zero-order valence-electron chi connectivity index (χ0n) is 46.8. The molecule has 0 amide bonds. The second-order valence-electron chi connectivity index (χ2n) is 20.5. The first-order valence-electron chi connectivity index (χ1n) is 29.2. The number of nitrogens with zero attached hydrogens (tertiary/aromatic N) is 2. The molecule has 10 nitrogen and oxygen atoms in total. The number of esters is 2. The van der Waals surface area contributed by atoms with Gasteiger partial charge in [0, 0.05) is 35.7 Å². The Morgan fingerprint density at radius 3 is 1.25 bits per heavy atom. The van der Waals surface area contributed by atoms with E-state index in [0.29, 0.717) is 64.1 Å². The van der Waals surface area contributed by atoms with E-state index in [4.69, 9.17) is 30.5 Å². The zero-order chi connectivity index (χ0) is 55.7. The minimum absolute atomic E-state index is 0.0721. The van der Waals surface area contributed by atoms with Gasteiger partial charge in [0.05, 0.1) is 40.7 Å². The first-order valence-corrected chi connectivity index (χ1v) is 29.6. The number of aliphatic imine (C=N–C) groups is 2. The lowest BCUT2D eigenvalue weighted by Gasteiger charge is -2.10. The summed E-state index contributed by atoms with van der Waals surface area (Å²) in [5.41, 5.74) is 4.38. The van der Waals surface area contributed by atoms with Crippen LogP contribution in [0.2, 0.25) is 5.02 Å². The summed E-state index contributed by atoms with van der Waals surface area (Å²) >= 11 is 6.64. The summed E-state index contributed by atoms with van der Waals surface area (Å²) in [6, 6.07) is 35.8. The number of ether oxygens (including phenoxy) is 4. The lowest BCUT2D eigenvalue weighted by atomic mass is 10.1. The first kappa shape index (κ1) is 61.3. The minimum Gasteiger partial charge on any atom is -0.507 e. The molecule has 6 aromatic carbocycles. The Kier molecular flexibility index (Phi) is 27.6. The molecule has 0 aliphatic carbocycles. The third kappa shape index (κ3) is 22.8. The predicted molar refractivity (Wildman–Crippen MR) is 324 cm³/mol. The number of carbonyl (C=O) groups excluding carboxylic acids is 2. The van der Waals surface area contributed by atoms with Crippen molar-refractivity contribution < 1.29 is 38.7 Å². The molecule has 0 bridgehead atoms. The molecule has 0 spiro atoms. The molecular weight excluding hydrogens is 1010 g/mol. The number of hydrogen-bond donors (Lipinski definition) is 2. The number of carbonyl (C=O) groups is 2. The smallest absolute Gasteiger partial charge is 0.343 e. The highest BCUT2D eigenvalue weighted by molar-refractivity contribution is 6.32. The van der Waals surface area contributed by atoms with Crippen LogP contribution < -0.4 is 18.9 Å². The quantitative estimate of drug-likeness (QED) is 0.0170. The molecule has 0 saturated carbocycles. The Bertz CT molecular complexity index is 2810. The molecule has 0 aliphatic rings. The van der Waals surface area contributed by atoms with Crippen molar-refractivity contribution in [3.63, 3.8) is 0 Å². The molecule has 6 rings (SSSR count). The molecule has 0 saturated heterocycles. The molecule has 79 heavy (non-hydrogen) atoms. The van der Waals surface area contributed by atoms with Gasteiger partial charge < -0.3 is 29.2 Å². The van der Waals surface area contributed by atoms with Gasteiger partial charge in [-0.15, -0.1) is 0 Å². The lowest BCUT2D eigenvalue weighted by molar-refractivity contribution is 0.0725. The second kappa shape index (κ2) is 35.6. The van der Waals surface area contributed by atoms with Gasteiger partial charge in [-0.25, -0.2) is 9.59 Å². The molecule has 0 radical (unpaired) electrons. The molecule has 0 aliphatic heterocycles. The van der Waals surface area contributed by atoms with Crippen molar-refractivity contribution in [1.82, 2.24) is 0 Å². The summed E-state index contributed by atoms with van der Waals surface area (Å²) in [4.78, 5) is 35.3. The fourth-order valence-electron chi connectivity index (χ4n) is 9.19. The number of unbranched alkanes of at least 4 members (excludes halogenated alkanes) is 22. The highest BCUT2D eigenvalue weighted by Crippen LogP contribution is 2.33. The maximum Gasteiger partial charge on any atom is 0.343 e. The van der Waals surface area contributed by atoms with Crippen molar-refractivity contribution >= 4 is 47.3 Å². The van der Waals surface area contributed by atoms with E-state index < -0.39 is 11.9 Å². The van der Waals surface area contributed by atoms with E-state index in [-0.39, 0.29) is 22.3 Å². The Hall–Kier alpha value is -6.91. The molecule has 0 unspecified atom stereocenters. The molecule has 11 heteroatoms. The third-order valence-electron chi connectivity index (χ3n) is 14.0. The number of phenolic OH excluding ortho intramolecular Hbond substituents is 2. The molecule has 0 atom stereocenters. The van der Waals surface area contributed by atoms with Gasteiger partial charge in [0.15, 0.2) is 0 Å². The van der Waals surface area contributed by atoms with Gasteiger partial charge in [0.2, 0.25) is 0 Å². The highest BCUT2D eigenvalue weighted by Gasteiger charge is 2.15. The summed E-state index contributed by atoms with van der Waals surface area (Å²) in [5.74, 6) is 0.781. The van der Waals surface area contributed by atoms with E-state index in [0.717, 1.165) is 36.8 Å². The van der Waals surface area contributed by atoms with Crippen LogP contribution in [0.5, 0.6) is 34.5 Å². The van der Waals surface area contributed by atoms with E-state index in [1.807, 2.05) is 18.2 Å². The molecule has 420 valence electrons. The Morgan fingerprint density at radius 2 is 0.835 bits per heavy atom. The summed E-state index contributed by atoms with van der Waals surface area (Å²) in [5, 5.41) is 21.5. The van der Waals surface area contributed by atoms with Gasteiger partial charge in [-0.3, -0.25) is 9.98 Å². The van der Waals surface area contributed by atoms with Crippen molar-refractivity contribution in [3.8, 4) is 45.6 Å². The standard InChI is InChI=1S/C68H83ClN2O8/c1-3-5-7-9-11-13-15-17-19-21-23-25-44-76-60-41-34-56(64(72)48-60)50-70-58-37-30-52(31-38-58)67(74)78-62-29-27-28-54(46-62)55-36-43-66(63(69)47-55)79-68(75)53-32-39-59(40-33-53)71-51-57-35-42-61(49-65(57)73)77-45-26-24-22-20-18-16-14-12-10-8-6-4-2/h27-43,46-51,72-73H,3-26,44-45H2,1-2H3. The number of halogens is 1. The van der Waals surface area contributed by atoms with Crippen LogP contribution in [-0.2, 0) is 0 Å². The molecule has 2 N–H and O–H groups in total. The van der Waals surface area contributed by atoms with Gasteiger partial charge >= 0.3 is 11.9 Å². The summed E-state index contributed by atoms with van der Waals surface area (Å²) in [6.07, 6.45) is 34.1. The highest BCUT2D eigenvalue weighted by atomic mass is 35.5. The Balaban J connectivity index is 0.885. The monoisotopic (exact) mass is 1090 g/mol. The maximum absolute atomic E-state index is 13.2. The minimum atomic E-state index is -0.592. The number of aromatic hydroxyl groups is 2. The maximum atomic E-state index is 13.2. The van der Waals surface area contributed by atoms with Crippen LogP contribution in [0.15, 0.2) is 137 Å². The lowest BCUT2D eigenvalue weighted by Crippen LogP contribution is -2.08. The van der Waals surface area contributed by atoms with E-state index in [1.54, 1.807) is 122 Å². The Labute approximate surface area is 475 Å². The Morgan fingerprint density at radius 1 is 0.430 bits per heavy atom. The van der Waals surface area contributed by atoms with Gasteiger partial charge in [-0.2, -0.15) is 0 Å². The average Bonchev–Trinajstić information content (AvgIpc) is 3.48. The van der Waals surface area contributed by atoms with Crippen LogP contribution in [0.3, 0.4) is 0 Å². The van der Waals surface area contributed by atoms with Crippen LogP contribution in [0.25, 0.3) is 11.1 Å². The second-order valence-corrected chi connectivity index (χ2v) is 20.9. The largest absolute Gasteiger partial charge is 0.507 e. The van der Waals surface area contributed by atoms with Crippen LogP contribution >= 0.6 is 11.6 Å². The van der Waals surface area contributed by atoms with E-state index >= 15 is 0 Å². The van der Waals surface area contributed by atoms with E-state index in [2.05, 4.69) is 23.8 Å². The fraction of sp³-hybridized carbons (Fsp3) is 0.412. The molecular formula is C68H83ClN2O8. The fourth-order valence-corrected chi connectivity index (χ4v) is 9.41. The summed E-state index contributed by atoms with van der Waals surface area (Å²) < 4.78 is 23.2. The van der Waals surface area contributed by atoms with Crippen molar-refractivity contribution in [2.45, 2.75) is 168 Å². The molecule has 0 fully saturated rings. The van der Waals surface area contributed by atoms with Crippen molar-refractivity contribution in [2.24, 2.45) is 9.98 Å². The van der Waals surface area contributed by atoms with Crippen LogP contribution in [0.1, 0.15) is 200 Å². The predicted octanol–water partition coefficient (Wildman–Crippen LogP) is 19.5. The topological polar surface area (TPSA) is 136 Å². The summed E-state index contributed by atoms with van der Waals surface area (Å²) in [7, 11) is 0. The van der Waals surface area contributed by atoms with Crippen molar-refractivity contribution in [2.75, 3.05) is 13.2 Å². The van der Waals surface area contributed by atoms with Gasteiger partial charge in [-0.05, 0) is 121 Å². The molecule has 6 aromatic rings. The van der Waals surface area contributed by atoms with Crippen molar-refractivity contribution in [1.29, 1.82) is 0 Å². The van der Waals surface area contributed by atoms with Crippen LogP contribution in [-0.4, -0.2) is 47.8 Å². The summed E-state index contributed by atoms with van der Waals surface area (Å²) in [6.45, 7) is 5.75. The van der Waals surface area contributed by atoms with Gasteiger partial charge in [0.1, 0.15) is 34.5 Å². The number of phenols is 2. The number of rotatable bonds is 37. The average molecular weight is 1090 g/mol. The third-order valence-corrected chi connectivity index (χ3v) is 14.3. The van der Waals surface area contributed by atoms with Gasteiger partial charge in [0.25, 0.3) is 0 Å².